The van der Waals surface area contributed by atoms with Crippen LogP contribution < -0.4 is 4.74 Å². The minimum absolute atomic E-state index is 0.106. The summed E-state index contributed by atoms with van der Waals surface area (Å²) < 4.78 is 10.1. The molecule has 1 aromatic rings. The van der Waals surface area contributed by atoms with E-state index in [0.717, 1.165) is 12.8 Å². The van der Waals surface area contributed by atoms with Gasteiger partial charge in [0.2, 0.25) is 0 Å². The third-order valence-corrected chi connectivity index (χ3v) is 3.17. The number of ketones is 2. The molecule has 0 aliphatic heterocycles. The lowest BCUT2D eigenvalue weighted by atomic mass is 9.95. The molecule has 1 unspecified atom stereocenters. The van der Waals surface area contributed by atoms with Gasteiger partial charge in [0.05, 0.1) is 19.1 Å². The molecule has 0 fully saturated rings. The number of ether oxygens (including phenoxy) is 2. The van der Waals surface area contributed by atoms with Crippen LogP contribution in [-0.4, -0.2) is 30.7 Å². The van der Waals surface area contributed by atoms with Gasteiger partial charge in [-0.15, -0.1) is 0 Å². The predicted molar refractivity (Wildman–Crippen MR) is 82.0 cm³/mol. The molecule has 0 aliphatic rings. The monoisotopic (exact) mass is 306 g/mol. The number of Topliss-reactive ketones (excluding diaryl/α,β-unsaturated/α-hetero) is 2. The van der Waals surface area contributed by atoms with E-state index in [-0.39, 0.29) is 6.61 Å². The van der Waals surface area contributed by atoms with Gasteiger partial charge >= 0.3 is 5.97 Å². The van der Waals surface area contributed by atoms with Crippen LogP contribution >= 0.6 is 0 Å². The van der Waals surface area contributed by atoms with Crippen LogP contribution in [-0.2, 0) is 14.3 Å². The average molecular weight is 306 g/mol. The van der Waals surface area contributed by atoms with Crippen molar-refractivity contribution in [2.75, 3.05) is 13.2 Å². The Hall–Kier alpha value is -2.17. The Kier molecular flexibility index (Phi) is 7.29. The largest absolute Gasteiger partial charge is 0.494 e. The molecule has 0 spiro atoms. The summed E-state index contributed by atoms with van der Waals surface area (Å²) in [5.41, 5.74) is 0.369. The number of carbonyl (C=O) groups excluding carboxylic acids is 3. The maximum Gasteiger partial charge on any atom is 0.375 e. The molecular formula is C17H22O5. The van der Waals surface area contributed by atoms with Gasteiger partial charge < -0.3 is 9.47 Å². The maximum atomic E-state index is 12.2. The molecule has 1 atom stereocenters. The summed E-state index contributed by atoms with van der Waals surface area (Å²) in [5.74, 6) is -2.57. The van der Waals surface area contributed by atoms with Crippen LogP contribution in [0, 0.1) is 5.92 Å². The highest BCUT2D eigenvalue weighted by Crippen LogP contribution is 2.16. The van der Waals surface area contributed by atoms with Gasteiger partial charge in [0.25, 0.3) is 5.78 Å². The summed E-state index contributed by atoms with van der Waals surface area (Å²) in [6.45, 7) is 5.83. The number of hydrogen-bond acceptors (Lipinski definition) is 5. The van der Waals surface area contributed by atoms with E-state index in [4.69, 9.17) is 4.74 Å². The lowest BCUT2D eigenvalue weighted by Crippen LogP contribution is -2.29. The quantitative estimate of drug-likeness (QED) is 0.231. The Morgan fingerprint density at radius 2 is 1.73 bits per heavy atom. The van der Waals surface area contributed by atoms with Gasteiger partial charge in [0.1, 0.15) is 5.75 Å². The number of esters is 1. The average Bonchev–Trinajstić information content (AvgIpc) is 2.54. The summed E-state index contributed by atoms with van der Waals surface area (Å²) in [6.07, 6.45) is 2.01. The van der Waals surface area contributed by atoms with E-state index in [1.807, 2.05) is 0 Å². The van der Waals surface area contributed by atoms with E-state index in [0.29, 0.717) is 17.9 Å². The van der Waals surface area contributed by atoms with Crippen LogP contribution in [0.25, 0.3) is 0 Å². The number of carbonyl (C=O) groups is 3. The van der Waals surface area contributed by atoms with Gasteiger partial charge in [-0.05, 0) is 44.5 Å². The van der Waals surface area contributed by atoms with E-state index in [9.17, 15) is 14.4 Å². The zero-order chi connectivity index (χ0) is 16.5. The molecule has 0 heterocycles. The summed E-state index contributed by atoms with van der Waals surface area (Å²) in [4.78, 5) is 35.3. The van der Waals surface area contributed by atoms with Crippen molar-refractivity contribution >= 4 is 17.5 Å². The molecule has 0 bridgehead atoms. The van der Waals surface area contributed by atoms with E-state index in [1.165, 1.54) is 6.92 Å². The number of hydrogen-bond donors (Lipinski definition) is 0. The fourth-order valence-corrected chi connectivity index (χ4v) is 1.80. The highest BCUT2D eigenvalue weighted by molar-refractivity contribution is 6.39. The van der Waals surface area contributed by atoms with Crippen molar-refractivity contribution in [1.29, 1.82) is 0 Å². The second kappa shape index (κ2) is 8.97. The smallest absolute Gasteiger partial charge is 0.375 e. The normalized spacial score (nSPS) is 11.6. The minimum atomic E-state index is -1.05. The van der Waals surface area contributed by atoms with E-state index in [2.05, 4.69) is 11.7 Å². The lowest BCUT2D eigenvalue weighted by molar-refractivity contribution is -0.154. The molecule has 0 N–H and O–H groups in total. The van der Waals surface area contributed by atoms with Crippen molar-refractivity contribution in [2.24, 2.45) is 5.92 Å². The Balaban J connectivity index is 2.68. The topological polar surface area (TPSA) is 69.7 Å². The van der Waals surface area contributed by atoms with Crippen molar-refractivity contribution in [3.05, 3.63) is 29.8 Å². The van der Waals surface area contributed by atoms with Crippen molar-refractivity contribution in [3.8, 4) is 5.75 Å². The van der Waals surface area contributed by atoms with Crippen molar-refractivity contribution in [2.45, 2.75) is 33.6 Å². The molecular weight excluding hydrogens is 284 g/mol. The van der Waals surface area contributed by atoms with Gasteiger partial charge in [-0.3, -0.25) is 9.59 Å². The summed E-state index contributed by atoms with van der Waals surface area (Å²) in [6, 6.07) is 6.56. The predicted octanol–water partition coefficient (Wildman–Crippen LogP) is 2.82. The first-order valence-corrected chi connectivity index (χ1v) is 7.49. The Morgan fingerprint density at radius 3 is 2.27 bits per heavy atom. The number of benzene rings is 1. The van der Waals surface area contributed by atoms with Crippen LogP contribution in [0.3, 0.4) is 0 Å². The molecule has 0 aliphatic carbocycles. The number of rotatable bonds is 9. The Bertz CT molecular complexity index is 518. The third-order valence-electron chi connectivity index (χ3n) is 3.17. The van der Waals surface area contributed by atoms with E-state index >= 15 is 0 Å². The SMILES string of the molecule is CCCCOc1ccc(C(=O)C(C)C(=O)C(=O)OCC)cc1. The lowest BCUT2D eigenvalue weighted by Gasteiger charge is -2.10. The van der Waals surface area contributed by atoms with Crippen molar-refractivity contribution in [1.82, 2.24) is 0 Å². The van der Waals surface area contributed by atoms with Crippen molar-refractivity contribution < 1.29 is 23.9 Å². The van der Waals surface area contributed by atoms with Crippen LogP contribution in [0.4, 0.5) is 0 Å². The Morgan fingerprint density at radius 1 is 1.09 bits per heavy atom. The number of unbranched alkanes of at least 4 members (excludes halogenated alkanes) is 1. The standard InChI is InChI=1S/C17H22O5/c1-4-6-11-22-14-9-7-13(8-10-14)15(18)12(3)16(19)17(20)21-5-2/h7-10,12H,4-6,11H2,1-3H3. The minimum Gasteiger partial charge on any atom is -0.494 e. The molecule has 5 heteroatoms. The summed E-state index contributed by atoms with van der Waals surface area (Å²) >= 11 is 0. The second-order valence-corrected chi connectivity index (χ2v) is 4.90. The van der Waals surface area contributed by atoms with Gasteiger partial charge in [0, 0.05) is 5.56 Å². The van der Waals surface area contributed by atoms with Crippen LogP contribution in [0.1, 0.15) is 44.0 Å². The summed E-state index contributed by atoms with van der Waals surface area (Å²) in [5, 5.41) is 0. The zero-order valence-corrected chi connectivity index (χ0v) is 13.3. The fourth-order valence-electron chi connectivity index (χ4n) is 1.80. The molecule has 1 rings (SSSR count). The third kappa shape index (κ3) is 4.98. The first-order chi connectivity index (χ1) is 10.5. The highest BCUT2D eigenvalue weighted by Gasteiger charge is 2.29. The van der Waals surface area contributed by atoms with Crippen LogP contribution in [0.5, 0.6) is 5.75 Å². The highest BCUT2D eigenvalue weighted by atomic mass is 16.5. The molecule has 0 saturated heterocycles. The Labute approximate surface area is 130 Å². The van der Waals surface area contributed by atoms with Gasteiger partial charge in [-0.25, -0.2) is 4.79 Å². The fraction of sp³-hybridized carbons (Fsp3) is 0.471. The molecule has 0 amide bonds. The molecule has 5 nitrogen and oxygen atoms in total. The second-order valence-electron chi connectivity index (χ2n) is 4.90. The molecule has 22 heavy (non-hydrogen) atoms. The molecule has 0 aromatic heterocycles. The van der Waals surface area contributed by atoms with Crippen LogP contribution in [0.2, 0.25) is 0 Å². The van der Waals surface area contributed by atoms with Crippen LogP contribution in [0.15, 0.2) is 24.3 Å². The van der Waals surface area contributed by atoms with Gasteiger partial charge in [0.15, 0.2) is 5.78 Å². The molecule has 1 aromatic carbocycles. The van der Waals surface area contributed by atoms with Gasteiger partial charge in [-0.2, -0.15) is 0 Å². The first-order valence-electron chi connectivity index (χ1n) is 7.49. The molecule has 120 valence electrons. The first kappa shape index (κ1) is 17.9. The van der Waals surface area contributed by atoms with Gasteiger partial charge in [-0.1, -0.05) is 13.3 Å². The zero-order valence-electron chi connectivity index (χ0n) is 13.3. The van der Waals surface area contributed by atoms with Crippen molar-refractivity contribution in [3.63, 3.8) is 0 Å². The van der Waals surface area contributed by atoms with E-state index in [1.54, 1.807) is 31.2 Å². The molecule has 0 saturated carbocycles. The molecule has 0 radical (unpaired) electrons. The maximum absolute atomic E-state index is 12.2. The van der Waals surface area contributed by atoms with E-state index < -0.39 is 23.5 Å². The summed E-state index contributed by atoms with van der Waals surface area (Å²) in [7, 11) is 0.